The summed E-state index contributed by atoms with van der Waals surface area (Å²) in [5.74, 6) is -0.159. The lowest BCUT2D eigenvalue weighted by atomic mass is 10.1. The molecule has 34 heavy (non-hydrogen) atoms. The Labute approximate surface area is 192 Å². The molecule has 0 saturated carbocycles. The Morgan fingerprint density at radius 3 is 2.53 bits per heavy atom. The van der Waals surface area contributed by atoms with E-state index < -0.39 is 17.6 Å². The van der Waals surface area contributed by atoms with Crippen LogP contribution in [0.1, 0.15) is 21.5 Å². The predicted octanol–water partition coefficient (Wildman–Crippen LogP) is 7.22. The number of hydrogen-bond acceptors (Lipinski definition) is 4. The van der Waals surface area contributed by atoms with Gasteiger partial charge in [0.15, 0.2) is 11.4 Å². The molecule has 0 radical (unpaired) electrons. The van der Waals surface area contributed by atoms with Gasteiger partial charge < -0.3 is 15.1 Å². The maximum atomic E-state index is 12.9. The van der Waals surface area contributed by atoms with Crippen molar-refractivity contribution < 1.29 is 22.4 Å². The number of oxazole rings is 1. The Morgan fingerprint density at radius 1 is 1.06 bits per heavy atom. The zero-order chi connectivity index (χ0) is 24.3. The van der Waals surface area contributed by atoms with Crippen LogP contribution >= 0.6 is 0 Å². The Bertz CT molecular complexity index is 1390. The van der Waals surface area contributed by atoms with Crippen LogP contribution in [0.2, 0.25) is 0 Å². The molecule has 170 valence electrons. The minimum atomic E-state index is -4.54. The van der Waals surface area contributed by atoms with Crippen molar-refractivity contribution in [2.24, 2.45) is 0 Å². The maximum absolute atomic E-state index is 12.9. The molecule has 0 aliphatic carbocycles. The third-order valence-electron chi connectivity index (χ3n) is 4.98. The zero-order valence-corrected chi connectivity index (χ0v) is 17.8. The summed E-state index contributed by atoms with van der Waals surface area (Å²) in [6, 6.07) is 16.3. The quantitative estimate of drug-likeness (QED) is 0.307. The van der Waals surface area contributed by atoms with Crippen LogP contribution < -0.4 is 10.6 Å². The van der Waals surface area contributed by atoms with Crippen LogP contribution in [0.15, 0.2) is 77.3 Å². The van der Waals surface area contributed by atoms with E-state index >= 15 is 0 Å². The minimum Gasteiger partial charge on any atom is -0.423 e. The third kappa shape index (κ3) is 5.07. The number of aromatic nitrogens is 1. The van der Waals surface area contributed by atoms with Crippen molar-refractivity contribution in [1.29, 1.82) is 0 Å². The monoisotopic (exact) mass is 462 g/mol. The third-order valence-corrected chi connectivity index (χ3v) is 4.98. The summed E-state index contributed by atoms with van der Waals surface area (Å²) < 4.78 is 44.6. The van der Waals surface area contributed by atoms with Crippen molar-refractivity contribution >= 4 is 29.0 Å². The highest BCUT2D eigenvalue weighted by Crippen LogP contribution is 2.31. The topological polar surface area (TPSA) is 71.5 Å². The summed E-state index contributed by atoms with van der Waals surface area (Å²) >= 11 is 0. The highest BCUT2D eigenvalue weighted by atomic mass is 19.4. The first-order valence-corrected chi connectivity index (χ1v) is 10.0. The zero-order valence-electron chi connectivity index (χ0n) is 17.8. The van der Waals surface area contributed by atoms with E-state index in [0.29, 0.717) is 22.8 Å². The molecule has 2 N–H and O–H groups in total. The molecule has 1 aromatic heterocycles. The molecule has 3 aromatic carbocycles. The van der Waals surface area contributed by atoms with Gasteiger partial charge >= 0.3 is 6.18 Å². The van der Waals surface area contributed by atoms with Crippen LogP contribution in [0.3, 0.4) is 0 Å². The normalized spacial score (nSPS) is 11.0. The van der Waals surface area contributed by atoms with Gasteiger partial charge in [-0.2, -0.15) is 13.2 Å². The van der Waals surface area contributed by atoms with E-state index in [4.69, 9.17) is 11.0 Å². The van der Waals surface area contributed by atoms with Gasteiger partial charge in [-0.1, -0.05) is 36.4 Å². The Hall–Kier alpha value is -4.58. The fourth-order valence-corrected chi connectivity index (χ4v) is 3.16. The Balaban J connectivity index is 1.50. The van der Waals surface area contributed by atoms with Crippen molar-refractivity contribution in [3.05, 3.63) is 101 Å². The van der Waals surface area contributed by atoms with Crippen LogP contribution in [-0.4, -0.2) is 10.9 Å². The molecule has 4 aromatic rings. The number of amides is 1. The van der Waals surface area contributed by atoms with E-state index in [2.05, 4.69) is 20.5 Å². The Kier molecular flexibility index (Phi) is 6.06. The molecule has 0 spiro atoms. The SMILES string of the molecule is [C-]#[N+]c1ccc(-c2cnc(Nc3cc(NC(=O)c4cccc(C(F)(F)F)c4)ccc3C)o2)cc1. The summed E-state index contributed by atoms with van der Waals surface area (Å²) in [5, 5.41) is 5.65. The Morgan fingerprint density at radius 2 is 1.82 bits per heavy atom. The first-order valence-electron chi connectivity index (χ1n) is 10.0. The molecule has 0 unspecified atom stereocenters. The van der Waals surface area contributed by atoms with E-state index in [0.717, 1.165) is 23.3 Å². The lowest BCUT2D eigenvalue weighted by Gasteiger charge is -2.12. The second-order valence-electron chi connectivity index (χ2n) is 7.38. The molecule has 0 aliphatic heterocycles. The smallest absolute Gasteiger partial charge is 0.416 e. The van der Waals surface area contributed by atoms with Gasteiger partial charge in [0.2, 0.25) is 0 Å². The standard InChI is InChI=1S/C25H17F3N4O2/c1-15-6-9-20(31-23(33)17-4-3-5-18(12-17)25(26,27)28)13-21(15)32-24-30-14-22(34-24)16-7-10-19(29-2)11-8-16/h3-14H,1H3,(H,30,32)(H,31,33). The summed E-state index contributed by atoms with van der Waals surface area (Å²) in [5.41, 5.74) is 2.09. The summed E-state index contributed by atoms with van der Waals surface area (Å²) in [6.45, 7) is 8.86. The molecule has 0 bridgehead atoms. The summed E-state index contributed by atoms with van der Waals surface area (Å²) in [7, 11) is 0. The highest BCUT2D eigenvalue weighted by molar-refractivity contribution is 6.04. The van der Waals surface area contributed by atoms with Crippen LogP contribution in [0.5, 0.6) is 0 Å². The predicted molar refractivity (Wildman–Crippen MR) is 122 cm³/mol. The van der Waals surface area contributed by atoms with Crippen LogP contribution in [0.4, 0.5) is 36.2 Å². The molecule has 1 heterocycles. The van der Waals surface area contributed by atoms with Gasteiger partial charge in [0.05, 0.1) is 18.3 Å². The number of benzene rings is 3. The highest BCUT2D eigenvalue weighted by Gasteiger charge is 2.30. The van der Waals surface area contributed by atoms with Crippen LogP contribution in [0.25, 0.3) is 16.2 Å². The molecule has 6 nitrogen and oxygen atoms in total. The molecular formula is C25H17F3N4O2. The van der Waals surface area contributed by atoms with Gasteiger partial charge in [0.25, 0.3) is 11.9 Å². The summed E-state index contributed by atoms with van der Waals surface area (Å²) in [4.78, 5) is 20.1. The van der Waals surface area contributed by atoms with E-state index in [9.17, 15) is 18.0 Å². The molecule has 9 heteroatoms. The average Bonchev–Trinajstić information content (AvgIpc) is 3.29. The van der Waals surface area contributed by atoms with Gasteiger partial charge in [-0.05, 0) is 42.8 Å². The number of nitrogens with one attached hydrogen (secondary N) is 2. The largest absolute Gasteiger partial charge is 0.423 e. The van der Waals surface area contributed by atoms with Crippen molar-refractivity contribution in [2.45, 2.75) is 13.1 Å². The van der Waals surface area contributed by atoms with Gasteiger partial charge in [0, 0.05) is 22.5 Å². The van der Waals surface area contributed by atoms with E-state index in [-0.39, 0.29) is 11.6 Å². The van der Waals surface area contributed by atoms with Crippen molar-refractivity contribution in [1.82, 2.24) is 4.98 Å². The average molecular weight is 462 g/mol. The van der Waals surface area contributed by atoms with Gasteiger partial charge in [0.1, 0.15) is 0 Å². The number of carbonyl (C=O) groups excluding carboxylic acids is 1. The molecule has 0 saturated heterocycles. The van der Waals surface area contributed by atoms with Crippen LogP contribution in [0, 0.1) is 13.5 Å². The van der Waals surface area contributed by atoms with Crippen molar-refractivity contribution in [3.8, 4) is 11.3 Å². The number of rotatable bonds is 5. The fourth-order valence-electron chi connectivity index (χ4n) is 3.16. The first-order chi connectivity index (χ1) is 16.2. The molecule has 0 fully saturated rings. The van der Waals surface area contributed by atoms with Gasteiger partial charge in [-0.15, -0.1) is 0 Å². The number of halogens is 3. The molecule has 1 amide bonds. The number of hydrogen-bond donors (Lipinski definition) is 2. The van der Waals surface area contributed by atoms with E-state index in [1.54, 1.807) is 48.7 Å². The summed E-state index contributed by atoms with van der Waals surface area (Å²) in [6.07, 6.45) is -2.99. The second kappa shape index (κ2) is 9.11. The molecule has 0 aliphatic rings. The second-order valence-corrected chi connectivity index (χ2v) is 7.38. The van der Waals surface area contributed by atoms with Gasteiger partial charge in [-0.3, -0.25) is 4.79 Å². The van der Waals surface area contributed by atoms with E-state index in [1.807, 2.05) is 6.92 Å². The van der Waals surface area contributed by atoms with Crippen LogP contribution in [-0.2, 0) is 6.18 Å². The van der Waals surface area contributed by atoms with Crippen molar-refractivity contribution in [3.63, 3.8) is 0 Å². The first kappa shape index (κ1) is 22.6. The van der Waals surface area contributed by atoms with E-state index in [1.165, 1.54) is 12.1 Å². The lowest BCUT2D eigenvalue weighted by molar-refractivity contribution is -0.137. The minimum absolute atomic E-state index is 0.105. The maximum Gasteiger partial charge on any atom is 0.416 e. The van der Waals surface area contributed by atoms with Gasteiger partial charge in [-0.25, -0.2) is 9.83 Å². The molecule has 4 rings (SSSR count). The molecule has 0 atom stereocenters. The number of nitrogens with zero attached hydrogens (tertiary/aromatic N) is 2. The number of alkyl halides is 3. The number of carbonyl (C=O) groups is 1. The van der Waals surface area contributed by atoms with Crippen molar-refractivity contribution in [2.75, 3.05) is 10.6 Å². The molecular weight excluding hydrogens is 445 g/mol. The number of aryl methyl sites for hydroxylation is 1. The fraction of sp³-hybridized carbons (Fsp3) is 0.0800. The lowest BCUT2D eigenvalue weighted by Crippen LogP contribution is -2.14. The number of anilines is 3.